The highest BCUT2D eigenvalue weighted by atomic mass is 32.2. The molecule has 1 aromatic carbocycles. The van der Waals surface area contributed by atoms with E-state index in [1.165, 1.54) is 41.3 Å². The second kappa shape index (κ2) is 8.94. The minimum Gasteiger partial charge on any atom is -0.297 e. The summed E-state index contributed by atoms with van der Waals surface area (Å²) in [5.74, 6) is 0.133. The Balaban J connectivity index is 1.71. The van der Waals surface area contributed by atoms with Gasteiger partial charge >= 0.3 is 0 Å². The smallest absolute Gasteiger partial charge is 0.250 e. The largest absolute Gasteiger partial charge is 0.297 e. The molecule has 1 amide bonds. The number of hydrogen-bond donors (Lipinski definition) is 1. The van der Waals surface area contributed by atoms with Crippen LogP contribution in [-0.2, 0) is 4.79 Å². The number of halogens is 1. The summed E-state index contributed by atoms with van der Waals surface area (Å²) >= 11 is 2.82. The quantitative estimate of drug-likeness (QED) is 0.268. The van der Waals surface area contributed by atoms with E-state index in [-0.39, 0.29) is 11.7 Å². The van der Waals surface area contributed by atoms with Crippen molar-refractivity contribution >= 4 is 40.2 Å². The van der Waals surface area contributed by atoms with Crippen LogP contribution in [0.5, 0.6) is 0 Å². The van der Waals surface area contributed by atoms with Crippen molar-refractivity contribution in [3.05, 3.63) is 65.8 Å². The summed E-state index contributed by atoms with van der Waals surface area (Å²) in [5, 5.41) is 15.6. The number of hydrogen-bond acceptors (Lipinski definition) is 6. The Morgan fingerprint density at radius 2 is 2.07 bits per heavy atom. The number of nitrogens with one attached hydrogen (secondary N) is 1. The van der Waals surface area contributed by atoms with E-state index < -0.39 is 0 Å². The molecule has 2 heterocycles. The molecular weight excluding hydrogens is 397 g/mol. The van der Waals surface area contributed by atoms with Crippen molar-refractivity contribution < 1.29 is 9.18 Å². The van der Waals surface area contributed by atoms with Crippen LogP contribution >= 0.6 is 23.1 Å². The van der Waals surface area contributed by atoms with E-state index in [1.807, 2.05) is 13.8 Å². The fourth-order valence-electron chi connectivity index (χ4n) is 2.48. The molecule has 0 fully saturated rings. The zero-order valence-corrected chi connectivity index (χ0v) is 17.0. The summed E-state index contributed by atoms with van der Waals surface area (Å²) in [4.78, 5) is 12.2. The van der Waals surface area contributed by atoms with Crippen molar-refractivity contribution in [3.63, 3.8) is 0 Å². The number of anilines is 1. The van der Waals surface area contributed by atoms with Gasteiger partial charge in [-0.15, -0.1) is 16.8 Å². The van der Waals surface area contributed by atoms with Gasteiger partial charge in [-0.25, -0.2) is 9.07 Å². The Hall–Kier alpha value is -2.78. The minimum absolute atomic E-state index is 0.301. The maximum absolute atomic E-state index is 13.1. The molecular formula is C19H18FN5OS2. The number of aromatic nitrogens is 4. The van der Waals surface area contributed by atoms with Crippen molar-refractivity contribution in [3.8, 4) is 5.69 Å². The van der Waals surface area contributed by atoms with Gasteiger partial charge in [0.2, 0.25) is 11.0 Å². The average molecular weight is 416 g/mol. The van der Waals surface area contributed by atoms with Gasteiger partial charge in [-0.3, -0.25) is 10.1 Å². The van der Waals surface area contributed by atoms with Crippen LogP contribution in [0.15, 0.2) is 47.3 Å². The van der Waals surface area contributed by atoms with Crippen LogP contribution in [0.4, 0.5) is 9.52 Å². The van der Waals surface area contributed by atoms with E-state index in [1.54, 1.807) is 29.0 Å². The maximum atomic E-state index is 13.1. The van der Waals surface area contributed by atoms with Crippen LogP contribution in [-0.4, -0.2) is 31.6 Å². The van der Waals surface area contributed by atoms with Gasteiger partial charge in [0.25, 0.3) is 0 Å². The van der Waals surface area contributed by atoms with Gasteiger partial charge in [-0.2, -0.15) is 5.10 Å². The Labute approximate surface area is 170 Å². The molecule has 0 atom stereocenters. The van der Waals surface area contributed by atoms with Crippen molar-refractivity contribution in [2.45, 2.75) is 18.2 Å². The molecule has 28 heavy (non-hydrogen) atoms. The van der Waals surface area contributed by atoms with E-state index in [0.717, 1.165) is 32.7 Å². The Morgan fingerprint density at radius 1 is 1.32 bits per heavy atom. The van der Waals surface area contributed by atoms with E-state index in [0.29, 0.717) is 5.13 Å². The van der Waals surface area contributed by atoms with E-state index in [2.05, 4.69) is 27.2 Å². The van der Waals surface area contributed by atoms with Gasteiger partial charge in [0.05, 0.1) is 11.4 Å². The lowest BCUT2D eigenvalue weighted by atomic mass is 10.2. The van der Waals surface area contributed by atoms with Gasteiger partial charge < -0.3 is 0 Å². The molecule has 0 aliphatic rings. The SMILES string of the molecule is C=CCSc1nnc(NC(=O)C=Cc2c(C)nn(-c3ccc(F)cc3)c2C)s1. The summed E-state index contributed by atoms with van der Waals surface area (Å²) in [6, 6.07) is 6.09. The fraction of sp³-hybridized carbons (Fsp3) is 0.158. The van der Waals surface area contributed by atoms with Crippen molar-refractivity contribution in [2.24, 2.45) is 0 Å². The number of carbonyl (C=O) groups is 1. The number of nitrogens with zero attached hydrogens (tertiary/aromatic N) is 4. The summed E-state index contributed by atoms with van der Waals surface area (Å²) in [6.07, 6.45) is 4.93. The van der Waals surface area contributed by atoms with Crippen LogP contribution in [0.2, 0.25) is 0 Å². The zero-order valence-electron chi connectivity index (χ0n) is 15.3. The van der Waals surface area contributed by atoms with Gasteiger partial charge in [0.1, 0.15) is 5.82 Å². The lowest BCUT2D eigenvalue weighted by Gasteiger charge is -2.04. The van der Waals surface area contributed by atoms with Crippen molar-refractivity contribution in [1.29, 1.82) is 0 Å². The number of aryl methyl sites for hydroxylation is 1. The molecule has 0 saturated heterocycles. The van der Waals surface area contributed by atoms with E-state index >= 15 is 0 Å². The van der Waals surface area contributed by atoms with Crippen LogP contribution in [0.25, 0.3) is 11.8 Å². The van der Waals surface area contributed by atoms with Crippen LogP contribution in [0.3, 0.4) is 0 Å². The first kappa shape index (κ1) is 20.0. The monoisotopic (exact) mass is 415 g/mol. The summed E-state index contributed by atoms with van der Waals surface area (Å²) in [6.45, 7) is 7.41. The molecule has 2 aromatic heterocycles. The average Bonchev–Trinajstić information content (AvgIpc) is 3.23. The number of amides is 1. The topological polar surface area (TPSA) is 72.7 Å². The first-order chi connectivity index (χ1) is 13.5. The lowest BCUT2D eigenvalue weighted by Crippen LogP contribution is -2.07. The van der Waals surface area contributed by atoms with Crippen molar-refractivity contribution in [1.82, 2.24) is 20.0 Å². The molecule has 0 unspecified atom stereocenters. The molecule has 3 rings (SSSR count). The molecule has 0 radical (unpaired) electrons. The molecule has 0 spiro atoms. The molecule has 0 saturated carbocycles. The van der Waals surface area contributed by atoms with E-state index in [4.69, 9.17) is 0 Å². The Bertz CT molecular complexity index is 1020. The van der Waals surface area contributed by atoms with Crippen LogP contribution < -0.4 is 5.32 Å². The van der Waals surface area contributed by atoms with Gasteiger partial charge in [0.15, 0.2) is 4.34 Å². The third-order valence-electron chi connectivity index (χ3n) is 3.78. The van der Waals surface area contributed by atoms with Gasteiger partial charge in [-0.05, 0) is 44.2 Å². The molecule has 0 bridgehead atoms. The number of thioether (sulfide) groups is 1. The second-order valence-electron chi connectivity index (χ2n) is 5.77. The highest BCUT2D eigenvalue weighted by molar-refractivity contribution is 8.01. The fourth-order valence-corrected chi connectivity index (χ4v) is 4.00. The summed E-state index contributed by atoms with van der Waals surface area (Å²) in [7, 11) is 0. The minimum atomic E-state index is -0.301. The highest BCUT2D eigenvalue weighted by Gasteiger charge is 2.12. The van der Waals surface area contributed by atoms with Gasteiger partial charge in [0, 0.05) is 23.1 Å². The van der Waals surface area contributed by atoms with Gasteiger partial charge in [-0.1, -0.05) is 29.2 Å². The first-order valence-electron chi connectivity index (χ1n) is 8.36. The molecule has 3 aromatic rings. The molecule has 144 valence electrons. The third kappa shape index (κ3) is 4.73. The highest BCUT2D eigenvalue weighted by Crippen LogP contribution is 2.25. The second-order valence-corrected chi connectivity index (χ2v) is 8.01. The predicted octanol–water partition coefficient (Wildman–Crippen LogP) is 4.41. The Kier molecular flexibility index (Phi) is 6.37. The lowest BCUT2D eigenvalue weighted by molar-refractivity contribution is -0.111. The molecule has 6 nitrogen and oxygen atoms in total. The standard InChI is InChI=1S/C19H18FN5OS2/c1-4-11-27-19-23-22-18(28-19)21-17(26)10-9-16-12(2)24-25(13(16)3)15-7-5-14(20)6-8-15/h4-10H,1,11H2,2-3H3,(H,21,22,26). The van der Waals surface area contributed by atoms with E-state index in [9.17, 15) is 9.18 Å². The molecule has 9 heteroatoms. The van der Waals surface area contributed by atoms with Crippen LogP contribution in [0, 0.1) is 19.7 Å². The maximum Gasteiger partial charge on any atom is 0.250 e. The predicted molar refractivity (Wildman–Crippen MR) is 111 cm³/mol. The Morgan fingerprint density at radius 3 is 2.79 bits per heavy atom. The zero-order chi connectivity index (χ0) is 20.1. The molecule has 1 N–H and O–H groups in total. The number of rotatable bonds is 7. The van der Waals surface area contributed by atoms with Crippen LogP contribution in [0.1, 0.15) is 17.0 Å². The molecule has 0 aliphatic heterocycles. The number of benzene rings is 1. The van der Waals surface area contributed by atoms with Crippen molar-refractivity contribution in [2.75, 3.05) is 11.1 Å². The third-order valence-corrected chi connectivity index (χ3v) is 5.75. The summed E-state index contributed by atoms with van der Waals surface area (Å²) < 4.78 is 15.6. The normalized spacial score (nSPS) is 11.1. The summed E-state index contributed by atoms with van der Waals surface area (Å²) in [5.41, 5.74) is 3.21. The number of carbonyl (C=O) groups excluding carboxylic acids is 1. The molecule has 0 aliphatic carbocycles. The first-order valence-corrected chi connectivity index (χ1v) is 10.2.